The van der Waals surface area contributed by atoms with Gasteiger partial charge in [-0.25, -0.2) is 0 Å². The van der Waals surface area contributed by atoms with Crippen LogP contribution in [0.25, 0.3) is 0 Å². The summed E-state index contributed by atoms with van der Waals surface area (Å²) < 4.78 is 0. The predicted molar refractivity (Wildman–Crippen MR) is 73.2 cm³/mol. The molecule has 1 aromatic carbocycles. The van der Waals surface area contributed by atoms with Crippen LogP contribution in [-0.4, -0.2) is 19.1 Å². The molecule has 2 nitrogen and oxygen atoms in total. The van der Waals surface area contributed by atoms with E-state index in [1.807, 2.05) is 0 Å². The molecule has 1 atom stereocenters. The first kappa shape index (κ1) is 12.6. The number of hydrogen-bond donors (Lipinski definition) is 2. The zero-order chi connectivity index (χ0) is 12.3. The molecule has 0 bridgehead atoms. The molecule has 1 aliphatic rings. The smallest absolute Gasteiger partial charge is 0.0236 e. The molecule has 2 N–H and O–H groups in total. The molecule has 0 saturated heterocycles. The fourth-order valence-electron chi connectivity index (χ4n) is 2.40. The molecule has 1 unspecified atom stereocenters. The van der Waals surface area contributed by atoms with Crippen molar-refractivity contribution >= 4 is 0 Å². The first-order valence-electron chi connectivity index (χ1n) is 6.67. The highest BCUT2D eigenvalue weighted by atomic mass is 15.0. The van der Waals surface area contributed by atoms with Gasteiger partial charge in [-0.1, -0.05) is 37.6 Å². The summed E-state index contributed by atoms with van der Waals surface area (Å²) in [5, 5.41) is 7.14. The van der Waals surface area contributed by atoms with Gasteiger partial charge in [0, 0.05) is 19.1 Å². The van der Waals surface area contributed by atoms with Crippen LogP contribution in [0.2, 0.25) is 0 Å². The van der Waals surface area contributed by atoms with Crippen molar-refractivity contribution in [2.45, 2.75) is 39.8 Å². The maximum atomic E-state index is 3.61. The zero-order valence-corrected chi connectivity index (χ0v) is 11.2. The summed E-state index contributed by atoms with van der Waals surface area (Å²) >= 11 is 0. The molecule has 94 valence electrons. The third-order valence-electron chi connectivity index (χ3n) is 3.35. The van der Waals surface area contributed by atoms with Gasteiger partial charge in [0.25, 0.3) is 0 Å². The lowest BCUT2D eigenvalue weighted by Gasteiger charge is -2.27. The Bertz CT molecular complexity index is 371. The van der Waals surface area contributed by atoms with Gasteiger partial charge >= 0.3 is 0 Å². The van der Waals surface area contributed by atoms with Crippen molar-refractivity contribution in [3.63, 3.8) is 0 Å². The van der Waals surface area contributed by atoms with Crippen LogP contribution in [0.1, 0.15) is 30.5 Å². The van der Waals surface area contributed by atoms with Crippen molar-refractivity contribution in [2.24, 2.45) is 5.92 Å². The van der Waals surface area contributed by atoms with Crippen molar-refractivity contribution in [1.29, 1.82) is 0 Å². The first-order valence-corrected chi connectivity index (χ1v) is 6.67. The number of hydrogen-bond acceptors (Lipinski definition) is 2. The van der Waals surface area contributed by atoms with Gasteiger partial charge in [-0.3, -0.25) is 0 Å². The van der Waals surface area contributed by atoms with Crippen LogP contribution in [0.5, 0.6) is 0 Å². The molecule has 2 rings (SSSR count). The Hall–Kier alpha value is -0.860. The molecule has 0 spiro atoms. The fraction of sp³-hybridized carbons (Fsp3) is 0.600. The first-order chi connectivity index (χ1) is 8.15. The van der Waals surface area contributed by atoms with Crippen molar-refractivity contribution in [3.05, 3.63) is 34.9 Å². The third kappa shape index (κ3) is 3.55. The van der Waals surface area contributed by atoms with E-state index in [0.29, 0.717) is 6.04 Å². The number of aryl methyl sites for hydroxylation is 1. The summed E-state index contributed by atoms with van der Waals surface area (Å²) in [5.41, 5.74) is 4.37. The van der Waals surface area contributed by atoms with Gasteiger partial charge in [0.15, 0.2) is 0 Å². The summed E-state index contributed by atoms with van der Waals surface area (Å²) in [7, 11) is 0. The minimum atomic E-state index is 0.586. The highest BCUT2D eigenvalue weighted by molar-refractivity contribution is 5.33. The lowest BCUT2D eigenvalue weighted by Crippen LogP contribution is -2.43. The molecule has 0 saturated carbocycles. The van der Waals surface area contributed by atoms with Gasteiger partial charge in [0.05, 0.1) is 0 Å². The average molecular weight is 232 g/mol. The van der Waals surface area contributed by atoms with E-state index in [1.54, 1.807) is 0 Å². The van der Waals surface area contributed by atoms with Crippen molar-refractivity contribution < 1.29 is 0 Å². The molecule has 1 heterocycles. The molecule has 0 fully saturated rings. The topological polar surface area (TPSA) is 24.1 Å². The van der Waals surface area contributed by atoms with Crippen LogP contribution in [0.4, 0.5) is 0 Å². The second-order valence-electron chi connectivity index (χ2n) is 5.61. The zero-order valence-electron chi connectivity index (χ0n) is 11.2. The molecular formula is C15H24N2. The summed E-state index contributed by atoms with van der Waals surface area (Å²) in [6.07, 6.45) is 1.15. The molecule has 0 aromatic heterocycles. The number of rotatable bonds is 4. The maximum Gasteiger partial charge on any atom is 0.0236 e. The highest BCUT2D eigenvalue weighted by Gasteiger charge is 2.17. The Morgan fingerprint density at radius 2 is 2.18 bits per heavy atom. The van der Waals surface area contributed by atoms with E-state index in [-0.39, 0.29) is 0 Å². The molecule has 2 heteroatoms. The Balaban J connectivity index is 1.89. The van der Waals surface area contributed by atoms with E-state index in [2.05, 4.69) is 49.6 Å². The Morgan fingerprint density at radius 1 is 1.35 bits per heavy atom. The summed E-state index contributed by atoms with van der Waals surface area (Å²) in [4.78, 5) is 0. The van der Waals surface area contributed by atoms with Gasteiger partial charge < -0.3 is 10.6 Å². The molecule has 1 aromatic rings. The molecule has 1 aliphatic heterocycles. The van der Waals surface area contributed by atoms with E-state index in [9.17, 15) is 0 Å². The number of benzene rings is 1. The van der Waals surface area contributed by atoms with Crippen LogP contribution in [0, 0.1) is 12.8 Å². The molecule has 0 amide bonds. The third-order valence-corrected chi connectivity index (χ3v) is 3.35. The van der Waals surface area contributed by atoms with E-state index >= 15 is 0 Å². The minimum Gasteiger partial charge on any atom is -0.315 e. The number of fused-ring (bicyclic) bond motifs is 1. The normalized spacial score (nSPS) is 19.4. The van der Waals surface area contributed by atoms with Crippen LogP contribution in [0.15, 0.2) is 18.2 Å². The molecule has 17 heavy (non-hydrogen) atoms. The van der Waals surface area contributed by atoms with E-state index < -0.39 is 0 Å². The summed E-state index contributed by atoms with van der Waals surface area (Å²) in [6, 6.07) is 7.39. The van der Waals surface area contributed by atoms with E-state index in [0.717, 1.165) is 32.0 Å². The minimum absolute atomic E-state index is 0.586. The average Bonchev–Trinajstić information content (AvgIpc) is 2.28. The van der Waals surface area contributed by atoms with Crippen molar-refractivity contribution in [1.82, 2.24) is 10.6 Å². The molecular weight excluding hydrogens is 208 g/mol. The fourth-order valence-corrected chi connectivity index (χ4v) is 2.40. The van der Waals surface area contributed by atoms with Gasteiger partial charge in [0.1, 0.15) is 0 Å². The Morgan fingerprint density at radius 3 is 2.94 bits per heavy atom. The molecule has 0 aliphatic carbocycles. The van der Waals surface area contributed by atoms with Crippen molar-refractivity contribution in [2.75, 3.05) is 13.1 Å². The second-order valence-corrected chi connectivity index (χ2v) is 5.61. The van der Waals surface area contributed by atoms with E-state index in [4.69, 9.17) is 0 Å². The van der Waals surface area contributed by atoms with Gasteiger partial charge in [-0.05, 0) is 36.9 Å². The SMILES string of the molecule is Cc1ccc2c(c1)CC(CNCC(C)C)NC2. The van der Waals surface area contributed by atoms with Crippen LogP contribution >= 0.6 is 0 Å². The highest BCUT2D eigenvalue weighted by Crippen LogP contribution is 2.17. The van der Waals surface area contributed by atoms with Crippen LogP contribution < -0.4 is 10.6 Å². The van der Waals surface area contributed by atoms with Gasteiger partial charge in [-0.2, -0.15) is 0 Å². The lowest BCUT2D eigenvalue weighted by atomic mass is 9.94. The largest absolute Gasteiger partial charge is 0.315 e. The van der Waals surface area contributed by atoms with Crippen LogP contribution in [-0.2, 0) is 13.0 Å². The molecule has 0 radical (unpaired) electrons. The monoisotopic (exact) mass is 232 g/mol. The van der Waals surface area contributed by atoms with Gasteiger partial charge in [0.2, 0.25) is 0 Å². The summed E-state index contributed by atoms with van der Waals surface area (Å²) in [6.45, 7) is 9.88. The van der Waals surface area contributed by atoms with E-state index in [1.165, 1.54) is 16.7 Å². The summed E-state index contributed by atoms with van der Waals surface area (Å²) in [5.74, 6) is 0.730. The number of nitrogens with one attached hydrogen (secondary N) is 2. The van der Waals surface area contributed by atoms with Crippen molar-refractivity contribution in [3.8, 4) is 0 Å². The Kier molecular flexibility index (Phi) is 4.19. The Labute approximate surface area is 105 Å². The quantitative estimate of drug-likeness (QED) is 0.832. The maximum absolute atomic E-state index is 3.61. The lowest BCUT2D eigenvalue weighted by molar-refractivity contribution is 0.431. The predicted octanol–water partition coefficient (Wildman–Crippen LogP) is 2.25. The van der Waals surface area contributed by atoms with Crippen LogP contribution in [0.3, 0.4) is 0 Å². The second kappa shape index (κ2) is 5.65. The van der Waals surface area contributed by atoms with Gasteiger partial charge in [-0.15, -0.1) is 0 Å². The standard InChI is InChI=1S/C15H24N2/c1-11(2)8-16-10-15-7-14-6-12(3)4-5-13(14)9-17-15/h4-6,11,15-17H,7-10H2,1-3H3.